The van der Waals surface area contributed by atoms with Crippen LogP contribution in [0.5, 0.6) is 0 Å². The first-order valence-corrected chi connectivity index (χ1v) is 8.46. The first-order valence-electron chi connectivity index (χ1n) is 8.46. The van der Waals surface area contributed by atoms with Gasteiger partial charge in [0.15, 0.2) is 0 Å². The van der Waals surface area contributed by atoms with E-state index >= 15 is 0 Å². The smallest absolute Gasteiger partial charge is 0.0367 e. The van der Waals surface area contributed by atoms with E-state index < -0.39 is 0 Å². The van der Waals surface area contributed by atoms with Crippen LogP contribution in [0.2, 0.25) is 0 Å². The molecule has 0 bridgehead atoms. The van der Waals surface area contributed by atoms with Gasteiger partial charge >= 0.3 is 0 Å². The van der Waals surface area contributed by atoms with Crippen molar-refractivity contribution in [2.45, 2.75) is 32.2 Å². The zero-order chi connectivity index (χ0) is 14.7. The molecular formula is C18H29N3. The fourth-order valence-electron chi connectivity index (χ4n) is 3.42. The third-order valence-corrected chi connectivity index (χ3v) is 5.05. The molecule has 21 heavy (non-hydrogen) atoms. The van der Waals surface area contributed by atoms with E-state index in [-0.39, 0.29) is 0 Å². The second-order valence-electron chi connectivity index (χ2n) is 6.95. The Balaban J connectivity index is 1.54. The largest absolute Gasteiger partial charge is 0.369 e. The van der Waals surface area contributed by atoms with E-state index in [0.29, 0.717) is 6.04 Å². The highest BCUT2D eigenvalue weighted by Crippen LogP contribution is 2.20. The molecule has 1 aromatic carbocycles. The third kappa shape index (κ3) is 3.98. The lowest BCUT2D eigenvalue weighted by atomic mass is 9.92. The molecule has 2 aliphatic heterocycles. The van der Waals surface area contributed by atoms with Gasteiger partial charge < -0.3 is 15.1 Å². The zero-order valence-corrected chi connectivity index (χ0v) is 13.5. The molecule has 0 radical (unpaired) electrons. The molecule has 116 valence electrons. The number of benzene rings is 1. The van der Waals surface area contributed by atoms with E-state index in [2.05, 4.69) is 53.4 Å². The predicted octanol–water partition coefficient (Wildman–Crippen LogP) is 2.37. The topological polar surface area (TPSA) is 18.5 Å². The molecule has 2 aliphatic rings. The van der Waals surface area contributed by atoms with E-state index in [9.17, 15) is 0 Å². The number of piperidine rings is 1. The quantitative estimate of drug-likeness (QED) is 0.921. The van der Waals surface area contributed by atoms with Crippen LogP contribution in [0, 0.1) is 5.92 Å². The van der Waals surface area contributed by atoms with Gasteiger partial charge in [0.05, 0.1) is 0 Å². The van der Waals surface area contributed by atoms with Crippen LogP contribution in [0.4, 0.5) is 5.69 Å². The number of nitrogens with zero attached hydrogens (tertiary/aromatic N) is 2. The fourth-order valence-corrected chi connectivity index (χ4v) is 3.42. The van der Waals surface area contributed by atoms with Crippen molar-refractivity contribution >= 4 is 5.69 Å². The molecule has 2 atom stereocenters. The number of rotatable bonds is 3. The van der Waals surface area contributed by atoms with E-state index in [1.165, 1.54) is 50.1 Å². The average molecular weight is 287 g/mol. The Hall–Kier alpha value is -1.06. The average Bonchev–Trinajstić information content (AvgIpc) is 2.51. The van der Waals surface area contributed by atoms with Gasteiger partial charge in [0, 0.05) is 37.9 Å². The lowest BCUT2D eigenvalue weighted by molar-refractivity contribution is 0.313. The zero-order valence-electron chi connectivity index (χ0n) is 13.5. The van der Waals surface area contributed by atoms with Crippen molar-refractivity contribution in [2.75, 3.05) is 44.7 Å². The fraction of sp³-hybridized carbons (Fsp3) is 0.667. The van der Waals surface area contributed by atoms with Crippen molar-refractivity contribution in [3.8, 4) is 0 Å². The highest BCUT2D eigenvalue weighted by molar-refractivity contribution is 5.48. The normalized spacial score (nSPS) is 27.8. The van der Waals surface area contributed by atoms with E-state index in [1.54, 1.807) is 0 Å². The lowest BCUT2D eigenvalue weighted by Crippen LogP contribution is -2.44. The molecule has 2 heterocycles. The van der Waals surface area contributed by atoms with Crippen molar-refractivity contribution in [3.63, 3.8) is 0 Å². The molecule has 2 fully saturated rings. The molecule has 3 rings (SSSR count). The summed E-state index contributed by atoms with van der Waals surface area (Å²) in [4.78, 5) is 4.91. The van der Waals surface area contributed by atoms with Crippen molar-refractivity contribution in [1.29, 1.82) is 0 Å². The summed E-state index contributed by atoms with van der Waals surface area (Å²) in [5, 5.41) is 3.68. The molecule has 0 spiro atoms. The summed E-state index contributed by atoms with van der Waals surface area (Å²) in [6.07, 6.45) is 3.87. The van der Waals surface area contributed by atoms with E-state index in [1.807, 2.05) is 0 Å². The Morgan fingerprint density at radius 1 is 1.05 bits per heavy atom. The summed E-state index contributed by atoms with van der Waals surface area (Å²) in [7, 11) is 2.21. The Bertz CT molecular complexity index is 426. The van der Waals surface area contributed by atoms with Gasteiger partial charge in [-0.3, -0.25) is 0 Å². The Morgan fingerprint density at radius 2 is 1.76 bits per heavy atom. The minimum atomic E-state index is 0.677. The summed E-state index contributed by atoms with van der Waals surface area (Å²) in [5.41, 5.74) is 2.86. The van der Waals surface area contributed by atoms with Gasteiger partial charge in [-0.05, 0) is 56.5 Å². The molecule has 1 unspecified atom stereocenters. The number of hydrogen-bond donors (Lipinski definition) is 1. The van der Waals surface area contributed by atoms with Crippen molar-refractivity contribution in [3.05, 3.63) is 29.8 Å². The first kappa shape index (κ1) is 14.9. The number of likely N-dealkylation sites (N-methyl/N-ethyl adjacent to an activating group) is 1. The molecular weight excluding hydrogens is 258 g/mol. The Labute approximate surface area is 129 Å². The first-order chi connectivity index (χ1) is 10.2. The van der Waals surface area contributed by atoms with E-state index in [0.717, 1.165) is 19.0 Å². The third-order valence-electron chi connectivity index (χ3n) is 5.05. The van der Waals surface area contributed by atoms with Crippen LogP contribution in [0.25, 0.3) is 0 Å². The highest BCUT2D eigenvalue weighted by Gasteiger charge is 2.18. The summed E-state index contributed by atoms with van der Waals surface area (Å²) in [6.45, 7) is 8.17. The summed E-state index contributed by atoms with van der Waals surface area (Å²) < 4.78 is 0. The second-order valence-corrected chi connectivity index (χ2v) is 6.95. The Kier molecular flexibility index (Phi) is 4.81. The maximum Gasteiger partial charge on any atom is 0.0367 e. The molecule has 1 N–H and O–H groups in total. The summed E-state index contributed by atoms with van der Waals surface area (Å²) in [6, 6.07) is 9.95. The number of piperazine rings is 1. The minimum absolute atomic E-state index is 0.677. The van der Waals surface area contributed by atoms with Gasteiger partial charge in [-0.15, -0.1) is 0 Å². The summed E-state index contributed by atoms with van der Waals surface area (Å²) >= 11 is 0. The molecule has 3 heteroatoms. The molecule has 0 aromatic heterocycles. The monoisotopic (exact) mass is 287 g/mol. The highest BCUT2D eigenvalue weighted by atomic mass is 15.2. The van der Waals surface area contributed by atoms with Crippen LogP contribution in [0.3, 0.4) is 0 Å². The predicted molar refractivity (Wildman–Crippen MR) is 90.0 cm³/mol. The van der Waals surface area contributed by atoms with Gasteiger partial charge in [-0.1, -0.05) is 19.1 Å². The SMILES string of the molecule is C[C@H]1CCC(Cc2ccc(N3CCN(C)CC3)cc2)NC1. The molecule has 1 aromatic rings. The maximum absolute atomic E-state index is 3.68. The molecule has 3 nitrogen and oxygen atoms in total. The van der Waals surface area contributed by atoms with Crippen molar-refractivity contribution in [1.82, 2.24) is 10.2 Å². The molecule has 0 aliphatic carbocycles. The van der Waals surface area contributed by atoms with E-state index in [4.69, 9.17) is 0 Å². The van der Waals surface area contributed by atoms with Gasteiger partial charge in [0.25, 0.3) is 0 Å². The Morgan fingerprint density at radius 3 is 2.38 bits per heavy atom. The van der Waals surface area contributed by atoms with Gasteiger partial charge in [0.2, 0.25) is 0 Å². The van der Waals surface area contributed by atoms with Gasteiger partial charge in [0.1, 0.15) is 0 Å². The van der Waals surface area contributed by atoms with Gasteiger partial charge in [-0.2, -0.15) is 0 Å². The van der Waals surface area contributed by atoms with Gasteiger partial charge in [-0.25, -0.2) is 0 Å². The molecule has 0 amide bonds. The van der Waals surface area contributed by atoms with Crippen LogP contribution in [-0.4, -0.2) is 50.7 Å². The maximum atomic E-state index is 3.68. The molecule has 0 saturated carbocycles. The summed E-state index contributed by atoms with van der Waals surface area (Å²) in [5.74, 6) is 0.848. The second kappa shape index (κ2) is 6.80. The van der Waals surface area contributed by atoms with Crippen LogP contribution in [0.1, 0.15) is 25.3 Å². The van der Waals surface area contributed by atoms with Crippen molar-refractivity contribution < 1.29 is 0 Å². The lowest BCUT2D eigenvalue weighted by Gasteiger charge is -2.34. The number of hydrogen-bond acceptors (Lipinski definition) is 3. The van der Waals surface area contributed by atoms with Crippen molar-refractivity contribution in [2.24, 2.45) is 5.92 Å². The van der Waals surface area contributed by atoms with Crippen LogP contribution >= 0.6 is 0 Å². The minimum Gasteiger partial charge on any atom is -0.369 e. The number of anilines is 1. The van der Waals surface area contributed by atoms with Crippen LogP contribution in [-0.2, 0) is 6.42 Å². The molecule has 2 saturated heterocycles. The van der Waals surface area contributed by atoms with Crippen LogP contribution < -0.4 is 10.2 Å². The van der Waals surface area contributed by atoms with Crippen LogP contribution in [0.15, 0.2) is 24.3 Å². The number of nitrogens with one attached hydrogen (secondary N) is 1. The standard InChI is InChI=1S/C18H29N3/c1-15-3-6-17(19-14-15)13-16-4-7-18(8-5-16)21-11-9-20(2)10-12-21/h4-5,7-8,15,17,19H,3,6,9-14H2,1-2H3/t15-,17?/m0/s1.